The van der Waals surface area contributed by atoms with E-state index in [0.717, 1.165) is 49.9 Å². The van der Waals surface area contributed by atoms with E-state index >= 15 is 0 Å². The summed E-state index contributed by atoms with van der Waals surface area (Å²) in [7, 11) is 0. The third-order valence-corrected chi connectivity index (χ3v) is 6.05. The number of piperazine rings is 1. The smallest absolute Gasteiger partial charge is 0.240 e. The summed E-state index contributed by atoms with van der Waals surface area (Å²) in [6.07, 6.45) is 1.26. The molecule has 0 unspecified atom stereocenters. The highest BCUT2D eigenvalue weighted by atomic mass is 35.5. The van der Waals surface area contributed by atoms with Crippen LogP contribution < -0.4 is 15.1 Å². The van der Waals surface area contributed by atoms with Crippen LogP contribution in [-0.4, -0.2) is 72.3 Å². The van der Waals surface area contributed by atoms with Gasteiger partial charge in [0.15, 0.2) is 0 Å². The number of nitrogens with one attached hydrogen (secondary N) is 1. The fourth-order valence-corrected chi connectivity index (χ4v) is 4.36. The van der Waals surface area contributed by atoms with Gasteiger partial charge in [0.2, 0.25) is 11.8 Å². The molecule has 0 saturated carbocycles. The second-order valence-electron chi connectivity index (χ2n) is 8.11. The molecule has 166 valence electrons. The van der Waals surface area contributed by atoms with Crippen LogP contribution in [-0.2, 0) is 16.1 Å². The third kappa shape index (κ3) is 5.37. The van der Waals surface area contributed by atoms with Gasteiger partial charge >= 0.3 is 0 Å². The molecule has 0 spiro atoms. The number of carbonyl (C=O) groups is 2. The lowest BCUT2D eigenvalue weighted by atomic mass is 10.2. The number of rotatable bonds is 7. The largest absolute Gasteiger partial charge is 0.369 e. The normalized spacial score (nSPS) is 17.0. The highest BCUT2D eigenvalue weighted by molar-refractivity contribution is 6.30. The van der Waals surface area contributed by atoms with Crippen molar-refractivity contribution in [3.63, 3.8) is 0 Å². The van der Waals surface area contributed by atoms with Crippen molar-refractivity contribution in [1.29, 1.82) is 0 Å². The van der Waals surface area contributed by atoms with Crippen LogP contribution in [0.25, 0.3) is 0 Å². The fraction of sp³-hybridized carbons (Fsp3) is 0.500. The first-order valence-corrected chi connectivity index (χ1v) is 11.2. The first-order valence-electron chi connectivity index (χ1n) is 10.8. The van der Waals surface area contributed by atoms with Crippen LogP contribution in [0.15, 0.2) is 30.3 Å². The molecule has 2 aliphatic heterocycles. The number of anilines is 2. The minimum atomic E-state index is -0.133. The number of hydrogen-bond acceptors (Lipinski definition) is 5. The van der Waals surface area contributed by atoms with Gasteiger partial charge in [-0.3, -0.25) is 19.4 Å². The predicted octanol–water partition coefficient (Wildman–Crippen LogP) is 1.91. The van der Waals surface area contributed by atoms with Gasteiger partial charge in [-0.25, -0.2) is 4.68 Å². The number of fused-ring (bicyclic) bond motifs is 1. The Bertz CT molecular complexity index is 938. The molecule has 2 amide bonds. The second kappa shape index (κ2) is 9.70. The molecule has 0 aliphatic carbocycles. The molecule has 0 bridgehead atoms. The highest BCUT2D eigenvalue weighted by Crippen LogP contribution is 2.22. The van der Waals surface area contributed by atoms with Gasteiger partial charge in [0, 0.05) is 55.9 Å². The van der Waals surface area contributed by atoms with Crippen LogP contribution >= 0.6 is 11.6 Å². The van der Waals surface area contributed by atoms with Gasteiger partial charge in [0.25, 0.3) is 0 Å². The van der Waals surface area contributed by atoms with Crippen molar-refractivity contribution in [3.05, 3.63) is 41.0 Å². The molecule has 0 atom stereocenters. The lowest BCUT2D eigenvalue weighted by Gasteiger charge is -2.36. The summed E-state index contributed by atoms with van der Waals surface area (Å²) in [4.78, 5) is 31.0. The molecule has 1 saturated heterocycles. The zero-order chi connectivity index (χ0) is 21.8. The van der Waals surface area contributed by atoms with Gasteiger partial charge in [-0.05, 0) is 38.1 Å². The molecule has 2 aromatic rings. The van der Waals surface area contributed by atoms with Crippen molar-refractivity contribution >= 4 is 34.9 Å². The van der Waals surface area contributed by atoms with Crippen molar-refractivity contribution in [1.82, 2.24) is 20.0 Å². The number of amides is 2. The van der Waals surface area contributed by atoms with E-state index in [1.165, 1.54) is 10.6 Å². The number of hydrogen-bond donors (Lipinski definition) is 1. The predicted molar refractivity (Wildman–Crippen MR) is 122 cm³/mol. The molecule has 1 aromatic heterocycles. The van der Waals surface area contributed by atoms with Gasteiger partial charge in [0.05, 0.1) is 12.2 Å². The third-order valence-electron chi connectivity index (χ3n) is 5.82. The Labute approximate surface area is 187 Å². The molecule has 2 aliphatic rings. The molecule has 8 nitrogen and oxygen atoms in total. The van der Waals surface area contributed by atoms with E-state index in [4.69, 9.17) is 11.6 Å². The van der Waals surface area contributed by atoms with Crippen LogP contribution in [0.1, 0.15) is 18.5 Å². The van der Waals surface area contributed by atoms with E-state index in [2.05, 4.69) is 26.3 Å². The van der Waals surface area contributed by atoms with Gasteiger partial charge in [0.1, 0.15) is 12.4 Å². The number of aryl methyl sites for hydroxylation is 2. The van der Waals surface area contributed by atoms with E-state index in [1.54, 1.807) is 4.68 Å². The van der Waals surface area contributed by atoms with E-state index in [1.807, 2.05) is 31.2 Å². The van der Waals surface area contributed by atoms with Crippen molar-refractivity contribution in [3.8, 4) is 0 Å². The van der Waals surface area contributed by atoms with Crippen LogP contribution in [0, 0.1) is 6.92 Å². The topological polar surface area (TPSA) is 73.7 Å². The first kappa shape index (κ1) is 21.6. The second-order valence-corrected chi connectivity index (χ2v) is 8.55. The molecule has 31 heavy (non-hydrogen) atoms. The monoisotopic (exact) mass is 444 g/mol. The Balaban J connectivity index is 1.16. The molecule has 1 N–H and O–H groups in total. The summed E-state index contributed by atoms with van der Waals surface area (Å²) in [5, 5.41) is 8.09. The summed E-state index contributed by atoms with van der Waals surface area (Å²) < 4.78 is 1.80. The van der Waals surface area contributed by atoms with E-state index in [9.17, 15) is 9.59 Å². The Morgan fingerprint density at radius 2 is 1.97 bits per heavy atom. The lowest BCUT2D eigenvalue weighted by molar-refractivity contribution is -0.124. The molecular weight excluding hydrogens is 416 g/mol. The molecule has 1 fully saturated rings. The number of carbonyl (C=O) groups excluding carboxylic acids is 2. The van der Waals surface area contributed by atoms with Gasteiger partial charge < -0.3 is 10.2 Å². The van der Waals surface area contributed by atoms with Crippen LogP contribution in [0.3, 0.4) is 0 Å². The van der Waals surface area contributed by atoms with Crippen molar-refractivity contribution < 1.29 is 9.59 Å². The molecule has 4 rings (SSSR count). The summed E-state index contributed by atoms with van der Waals surface area (Å²) in [5.74, 6) is 0.549. The van der Waals surface area contributed by atoms with Crippen LogP contribution in [0.5, 0.6) is 0 Å². The highest BCUT2D eigenvalue weighted by Gasteiger charge is 2.27. The first-order chi connectivity index (χ1) is 15.0. The minimum Gasteiger partial charge on any atom is -0.369 e. The van der Waals surface area contributed by atoms with E-state index in [0.29, 0.717) is 25.3 Å². The van der Waals surface area contributed by atoms with E-state index < -0.39 is 0 Å². The lowest BCUT2D eigenvalue weighted by Crippen LogP contribution is -2.47. The van der Waals surface area contributed by atoms with Crippen molar-refractivity contribution in [2.24, 2.45) is 0 Å². The van der Waals surface area contributed by atoms with Crippen molar-refractivity contribution in [2.45, 2.75) is 26.3 Å². The number of halogens is 1. The average molecular weight is 445 g/mol. The number of aromatic nitrogens is 2. The Morgan fingerprint density at radius 3 is 2.74 bits per heavy atom. The molecule has 1 aromatic carbocycles. The quantitative estimate of drug-likeness (QED) is 0.660. The van der Waals surface area contributed by atoms with Crippen LogP contribution in [0.4, 0.5) is 11.5 Å². The maximum atomic E-state index is 12.4. The number of benzene rings is 1. The minimum absolute atomic E-state index is 0.0277. The summed E-state index contributed by atoms with van der Waals surface area (Å²) in [6.45, 7) is 7.98. The van der Waals surface area contributed by atoms with Crippen molar-refractivity contribution in [2.75, 3.05) is 55.6 Å². The molecule has 3 heterocycles. The maximum absolute atomic E-state index is 12.4. The standard InChI is InChI=1S/C22H29ClN6O2/c1-17-14-21-28(22(31)6-9-29(21)25-17)16-20(30)24-7-3-8-26-10-12-27(13-11-26)19-5-2-4-18(23)15-19/h2,4-5,14-15H,3,6-13,16H2,1H3,(H,24,30). The molecule has 0 radical (unpaired) electrons. The fourth-order valence-electron chi connectivity index (χ4n) is 4.18. The Hall–Kier alpha value is -2.58. The van der Waals surface area contributed by atoms with E-state index in [-0.39, 0.29) is 18.4 Å². The maximum Gasteiger partial charge on any atom is 0.240 e. The zero-order valence-corrected chi connectivity index (χ0v) is 18.6. The SMILES string of the molecule is Cc1cc2n(n1)CCC(=O)N2CC(=O)NCCCN1CCN(c2cccc(Cl)c2)CC1. The molecular formula is C22H29ClN6O2. The van der Waals surface area contributed by atoms with Crippen LogP contribution in [0.2, 0.25) is 5.02 Å². The summed E-state index contributed by atoms with van der Waals surface area (Å²) >= 11 is 6.10. The zero-order valence-electron chi connectivity index (χ0n) is 17.9. The Morgan fingerprint density at radius 1 is 1.16 bits per heavy atom. The Kier molecular flexibility index (Phi) is 6.77. The van der Waals surface area contributed by atoms with Gasteiger partial charge in [-0.15, -0.1) is 0 Å². The van der Waals surface area contributed by atoms with Gasteiger partial charge in [-0.2, -0.15) is 5.10 Å². The summed E-state index contributed by atoms with van der Waals surface area (Å²) in [6, 6.07) is 9.84. The van der Waals surface area contributed by atoms with Gasteiger partial charge in [-0.1, -0.05) is 17.7 Å². The molecule has 9 heteroatoms. The summed E-state index contributed by atoms with van der Waals surface area (Å²) in [5.41, 5.74) is 2.02. The number of nitrogens with zero attached hydrogens (tertiary/aromatic N) is 5. The average Bonchev–Trinajstić information content (AvgIpc) is 3.14.